The second-order valence-corrected chi connectivity index (χ2v) is 11.1. The van der Waals surface area contributed by atoms with Crippen LogP contribution in [0.5, 0.6) is 11.5 Å². The molecule has 1 aromatic heterocycles. The number of aromatic nitrogens is 1. The number of rotatable bonds is 10. The fourth-order valence-electron chi connectivity index (χ4n) is 5.04. The molecule has 0 bridgehead atoms. The van der Waals surface area contributed by atoms with Crippen molar-refractivity contribution in [3.05, 3.63) is 102 Å². The molecular weight excluding hydrogens is 534 g/mol. The molecule has 0 radical (unpaired) electrons. The molecule has 1 atom stereocenters. The smallest absolute Gasteiger partial charge is 0.172 e. The number of hydrogen-bond acceptors (Lipinski definition) is 6. The maximum atomic E-state index is 6.30. The van der Waals surface area contributed by atoms with Crippen LogP contribution in [0.15, 0.2) is 89.7 Å². The number of fused-ring (bicyclic) bond motifs is 1. The minimum Gasteiger partial charge on any atom is -0.489 e. The van der Waals surface area contributed by atoms with Crippen LogP contribution in [0.25, 0.3) is 0 Å². The van der Waals surface area contributed by atoms with Crippen molar-refractivity contribution in [2.75, 3.05) is 29.9 Å². The summed E-state index contributed by atoms with van der Waals surface area (Å²) in [6, 6.07) is 8.22. The molecule has 0 spiro atoms. The van der Waals surface area contributed by atoms with Crippen LogP contribution >= 0.6 is 0 Å². The number of amidine groups is 1. The van der Waals surface area contributed by atoms with Gasteiger partial charge < -0.3 is 24.6 Å². The molecule has 7 nitrogen and oxygen atoms in total. The summed E-state index contributed by atoms with van der Waals surface area (Å²) in [6.07, 6.45) is 19.2. The van der Waals surface area contributed by atoms with E-state index in [1.54, 1.807) is 0 Å². The Bertz CT molecular complexity index is 1450. The average molecular weight is 582 g/mol. The fourth-order valence-corrected chi connectivity index (χ4v) is 5.04. The molecule has 4 rings (SSSR count). The van der Waals surface area contributed by atoms with Gasteiger partial charge in [0.15, 0.2) is 17.4 Å². The second-order valence-electron chi connectivity index (χ2n) is 11.1. The summed E-state index contributed by atoms with van der Waals surface area (Å²) in [6.45, 7) is 17.3. The molecule has 2 aliphatic heterocycles. The summed E-state index contributed by atoms with van der Waals surface area (Å²) in [5.41, 5.74) is 4.82. The van der Waals surface area contributed by atoms with E-state index in [0.29, 0.717) is 18.4 Å². The third-order valence-electron chi connectivity index (χ3n) is 7.32. The van der Waals surface area contributed by atoms with Gasteiger partial charge in [-0.2, -0.15) is 0 Å². The molecule has 0 saturated heterocycles. The van der Waals surface area contributed by atoms with Crippen molar-refractivity contribution in [1.82, 2.24) is 9.88 Å². The van der Waals surface area contributed by atoms with Gasteiger partial charge in [-0.25, -0.2) is 9.98 Å². The van der Waals surface area contributed by atoms with Gasteiger partial charge in [0.05, 0.1) is 6.61 Å². The lowest BCUT2D eigenvalue weighted by molar-refractivity contribution is 0.273. The number of pyridine rings is 1. The molecule has 7 heteroatoms. The van der Waals surface area contributed by atoms with Crippen molar-refractivity contribution in [2.45, 2.75) is 67.7 Å². The normalized spacial score (nSPS) is 18.2. The maximum absolute atomic E-state index is 6.30. The van der Waals surface area contributed by atoms with Gasteiger partial charge in [0, 0.05) is 55.1 Å². The summed E-state index contributed by atoms with van der Waals surface area (Å²) < 4.78 is 12.5. The quantitative estimate of drug-likeness (QED) is 0.224. The molecule has 228 valence electrons. The molecule has 0 amide bonds. The lowest BCUT2D eigenvalue weighted by Crippen LogP contribution is -2.30. The van der Waals surface area contributed by atoms with Crippen molar-refractivity contribution in [3.63, 3.8) is 0 Å². The van der Waals surface area contributed by atoms with Crippen LogP contribution in [-0.2, 0) is 0 Å². The van der Waals surface area contributed by atoms with Crippen LogP contribution in [0.4, 0.5) is 11.5 Å². The van der Waals surface area contributed by atoms with Gasteiger partial charge in [0.25, 0.3) is 0 Å². The molecule has 0 fully saturated rings. The first kappa shape index (κ1) is 31.7. The number of hydrogen-bond donors (Lipinski definition) is 1. The summed E-state index contributed by atoms with van der Waals surface area (Å²) >= 11 is 0. The number of aliphatic imine (C=N–C) groups is 1. The van der Waals surface area contributed by atoms with Gasteiger partial charge in [-0.15, -0.1) is 0 Å². The Kier molecular flexibility index (Phi) is 11.3. The average Bonchev–Trinajstić information content (AvgIpc) is 3.15. The summed E-state index contributed by atoms with van der Waals surface area (Å²) in [7, 11) is 0. The molecule has 43 heavy (non-hydrogen) atoms. The highest BCUT2D eigenvalue weighted by molar-refractivity contribution is 6.08. The number of aryl methyl sites for hydroxylation is 2. The van der Waals surface area contributed by atoms with E-state index in [0.717, 1.165) is 83.6 Å². The highest BCUT2D eigenvalue weighted by atomic mass is 16.5. The van der Waals surface area contributed by atoms with Crippen LogP contribution in [0.2, 0.25) is 0 Å². The highest BCUT2D eigenvalue weighted by Gasteiger charge is 2.24. The zero-order chi connectivity index (χ0) is 30.8. The second kappa shape index (κ2) is 15.3. The van der Waals surface area contributed by atoms with Crippen molar-refractivity contribution in [3.8, 4) is 11.5 Å². The standard InChI is InChI=1S/C36H47N5O2/c1-8-12-17-37-35(34-28(7)22-33-36(39-34)41(19-13-9-2)24-26(5)25-42-33)38-29-14-15-32(27(6)21-29)43-31-16-20-40(18-10-3)30(11-4)23-31/h10-12,14-18,20-23,26H,8-9,13,19,24-25H2,1-7H3,(H,37,38)/b17-12+,18-10-,30-11+. The predicted octanol–water partition coefficient (Wildman–Crippen LogP) is 8.65. The van der Waals surface area contributed by atoms with Crippen LogP contribution in [0, 0.1) is 19.8 Å². The fraction of sp³-hybridized carbons (Fsp3) is 0.389. The Morgan fingerprint density at radius 1 is 1.19 bits per heavy atom. The Balaban J connectivity index is 1.62. The van der Waals surface area contributed by atoms with E-state index in [1.807, 2.05) is 68.9 Å². The van der Waals surface area contributed by atoms with Gasteiger partial charge in [-0.3, -0.25) is 0 Å². The molecular formula is C36H47N5O2. The van der Waals surface area contributed by atoms with Crippen molar-refractivity contribution in [2.24, 2.45) is 10.9 Å². The zero-order valence-electron chi connectivity index (χ0n) is 26.9. The minimum absolute atomic E-state index is 0.425. The lowest BCUT2D eigenvalue weighted by Gasteiger charge is -2.25. The van der Waals surface area contributed by atoms with Gasteiger partial charge in [0.2, 0.25) is 0 Å². The molecule has 1 unspecified atom stereocenters. The first-order valence-corrected chi connectivity index (χ1v) is 15.5. The first-order chi connectivity index (χ1) is 20.9. The monoisotopic (exact) mass is 581 g/mol. The minimum atomic E-state index is 0.425. The Hall–Kier alpha value is -4.26. The number of anilines is 2. The Morgan fingerprint density at radius 2 is 2.02 bits per heavy atom. The van der Waals surface area contributed by atoms with Gasteiger partial charge in [0.1, 0.15) is 17.2 Å². The molecule has 2 aliphatic rings. The van der Waals surface area contributed by atoms with Gasteiger partial charge >= 0.3 is 0 Å². The third-order valence-corrected chi connectivity index (χ3v) is 7.32. The molecule has 0 aliphatic carbocycles. The number of benzene rings is 1. The van der Waals surface area contributed by atoms with Crippen molar-refractivity contribution < 1.29 is 9.47 Å². The molecule has 3 heterocycles. The van der Waals surface area contributed by atoms with Crippen LogP contribution < -0.4 is 19.7 Å². The predicted molar refractivity (Wildman–Crippen MR) is 180 cm³/mol. The van der Waals surface area contributed by atoms with Crippen LogP contribution in [-0.4, -0.2) is 35.4 Å². The summed E-state index contributed by atoms with van der Waals surface area (Å²) in [4.78, 5) is 14.5. The number of unbranched alkanes of at least 4 members (excludes halogenated alkanes) is 1. The van der Waals surface area contributed by atoms with E-state index in [9.17, 15) is 0 Å². The van der Waals surface area contributed by atoms with E-state index in [2.05, 4.69) is 67.9 Å². The maximum Gasteiger partial charge on any atom is 0.172 e. The topological polar surface area (TPSA) is 62.2 Å². The van der Waals surface area contributed by atoms with E-state index < -0.39 is 0 Å². The van der Waals surface area contributed by atoms with E-state index >= 15 is 0 Å². The molecule has 0 saturated carbocycles. The van der Waals surface area contributed by atoms with Crippen LogP contribution in [0.3, 0.4) is 0 Å². The molecule has 1 N–H and O–H groups in total. The largest absolute Gasteiger partial charge is 0.489 e. The van der Waals surface area contributed by atoms with E-state index in [1.165, 1.54) is 0 Å². The van der Waals surface area contributed by atoms with Crippen molar-refractivity contribution in [1.29, 1.82) is 0 Å². The van der Waals surface area contributed by atoms with E-state index in [-0.39, 0.29) is 0 Å². The summed E-state index contributed by atoms with van der Waals surface area (Å²) in [5.74, 6) is 4.47. The molecule has 2 aromatic rings. The van der Waals surface area contributed by atoms with Gasteiger partial charge in [-0.1, -0.05) is 45.4 Å². The zero-order valence-corrected chi connectivity index (χ0v) is 26.9. The lowest BCUT2D eigenvalue weighted by atomic mass is 10.1. The first-order valence-electron chi connectivity index (χ1n) is 15.5. The van der Waals surface area contributed by atoms with E-state index in [4.69, 9.17) is 19.5 Å². The van der Waals surface area contributed by atoms with Crippen molar-refractivity contribution >= 4 is 17.3 Å². The number of ether oxygens (including phenoxy) is 2. The number of nitrogens with zero attached hydrogens (tertiary/aromatic N) is 4. The van der Waals surface area contributed by atoms with Gasteiger partial charge in [-0.05, 0) is 82.0 Å². The Labute approximate surface area is 258 Å². The summed E-state index contributed by atoms with van der Waals surface area (Å²) in [5, 5.41) is 3.56. The third kappa shape index (κ3) is 8.19. The SMILES string of the molecule is C/C=C\N1C=CC(Oc2ccc(NC(=N/C=C/CC)c3nc4c(cc3C)OCC(C)CN4CCCC)cc2C)=C/C1=C\C. The number of allylic oxidation sites excluding steroid dienone is 5. The molecule has 1 aromatic carbocycles. The Morgan fingerprint density at radius 3 is 2.74 bits per heavy atom. The number of nitrogens with one attached hydrogen (secondary N) is 1. The highest BCUT2D eigenvalue weighted by Crippen LogP contribution is 2.33. The van der Waals surface area contributed by atoms with Crippen LogP contribution in [0.1, 0.15) is 70.7 Å².